The third-order valence-corrected chi connectivity index (χ3v) is 4.57. The van der Waals surface area contributed by atoms with E-state index in [1.54, 1.807) is 5.51 Å². The van der Waals surface area contributed by atoms with Crippen LogP contribution in [0.3, 0.4) is 0 Å². The number of guanidine groups is 1. The Bertz CT molecular complexity index is 743. The normalized spacial score (nSPS) is 11.1. The first kappa shape index (κ1) is 20.7. The molecule has 2 rings (SSSR count). The summed E-state index contributed by atoms with van der Waals surface area (Å²) in [6.07, 6.45) is 0. The van der Waals surface area contributed by atoms with Crippen molar-refractivity contribution in [3.8, 4) is 5.75 Å². The van der Waals surface area contributed by atoms with E-state index < -0.39 is 0 Å². The second-order valence-corrected chi connectivity index (χ2v) is 6.73. The molecule has 0 spiro atoms. The number of benzene rings is 1. The maximum Gasteiger partial charge on any atom is 0.263 e. The number of rotatable bonds is 9. The fraction of sp³-hybridized carbons (Fsp3) is 0.421. The molecule has 27 heavy (non-hydrogen) atoms. The highest BCUT2D eigenvalue weighted by Crippen LogP contribution is 2.11. The molecule has 0 aliphatic heterocycles. The molecule has 146 valence electrons. The van der Waals surface area contributed by atoms with Gasteiger partial charge in [-0.15, -0.1) is 11.3 Å². The van der Waals surface area contributed by atoms with Crippen molar-refractivity contribution in [1.29, 1.82) is 0 Å². The third-order valence-electron chi connectivity index (χ3n) is 3.65. The van der Waals surface area contributed by atoms with E-state index in [0.717, 1.165) is 18.0 Å². The lowest BCUT2D eigenvalue weighted by atomic mass is 10.2. The van der Waals surface area contributed by atoms with Gasteiger partial charge in [-0.3, -0.25) is 9.79 Å². The van der Waals surface area contributed by atoms with Gasteiger partial charge in [0.25, 0.3) is 5.91 Å². The summed E-state index contributed by atoms with van der Waals surface area (Å²) in [5, 5.41) is 9.26. The number of aromatic nitrogens is 1. The summed E-state index contributed by atoms with van der Waals surface area (Å²) in [5.41, 5.74) is 3.64. The fourth-order valence-electron chi connectivity index (χ4n) is 2.25. The SMILES string of the molecule is CCNC(=NCCNC(=O)c1scnc1C)NCCOc1ccc(C)cc1. The van der Waals surface area contributed by atoms with Crippen molar-refractivity contribution in [3.05, 3.63) is 45.9 Å². The van der Waals surface area contributed by atoms with Crippen LogP contribution in [0, 0.1) is 13.8 Å². The van der Waals surface area contributed by atoms with Crippen LogP contribution in [-0.2, 0) is 0 Å². The van der Waals surface area contributed by atoms with Gasteiger partial charge in [-0.2, -0.15) is 0 Å². The highest BCUT2D eigenvalue weighted by molar-refractivity contribution is 7.11. The van der Waals surface area contributed by atoms with Crippen molar-refractivity contribution >= 4 is 23.2 Å². The van der Waals surface area contributed by atoms with Crippen LogP contribution in [0.1, 0.15) is 27.9 Å². The number of aliphatic imine (C=N–C) groups is 1. The highest BCUT2D eigenvalue weighted by Gasteiger charge is 2.10. The number of carbonyl (C=O) groups is 1. The topological polar surface area (TPSA) is 87.6 Å². The standard InChI is InChI=1S/C19H27N5O2S/c1-4-20-19(23-11-12-26-16-7-5-14(2)6-8-16)22-10-9-21-18(25)17-15(3)24-13-27-17/h5-8,13H,4,9-12H2,1-3H3,(H,21,25)(H2,20,22,23). The van der Waals surface area contributed by atoms with E-state index in [4.69, 9.17) is 4.74 Å². The summed E-state index contributed by atoms with van der Waals surface area (Å²) in [4.78, 5) is 21.2. The van der Waals surface area contributed by atoms with Gasteiger partial charge >= 0.3 is 0 Å². The van der Waals surface area contributed by atoms with Crippen LogP contribution in [0.25, 0.3) is 0 Å². The smallest absolute Gasteiger partial charge is 0.263 e. The minimum atomic E-state index is -0.102. The molecule has 1 heterocycles. The van der Waals surface area contributed by atoms with E-state index in [1.165, 1.54) is 16.9 Å². The summed E-state index contributed by atoms with van der Waals surface area (Å²) in [6, 6.07) is 7.97. The van der Waals surface area contributed by atoms with Gasteiger partial charge in [0.1, 0.15) is 17.2 Å². The van der Waals surface area contributed by atoms with E-state index in [-0.39, 0.29) is 5.91 Å². The van der Waals surface area contributed by atoms with Crippen molar-refractivity contribution < 1.29 is 9.53 Å². The molecule has 3 N–H and O–H groups in total. The van der Waals surface area contributed by atoms with Crippen LogP contribution < -0.4 is 20.7 Å². The highest BCUT2D eigenvalue weighted by atomic mass is 32.1. The zero-order chi connectivity index (χ0) is 19.5. The molecule has 8 heteroatoms. The van der Waals surface area contributed by atoms with Crippen LogP contribution in [0.2, 0.25) is 0 Å². The molecular formula is C19H27N5O2S. The molecule has 0 atom stereocenters. The minimum absolute atomic E-state index is 0.102. The largest absolute Gasteiger partial charge is 0.492 e. The Morgan fingerprint density at radius 3 is 2.59 bits per heavy atom. The zero-order valence-electron chi connectivity index (χ0n) is 16.0. The second-order valence-electron chi connectivity index (χ2n) is 5.87. The molecule has 0 aliphatic carbocycles. The van der Waals surface area contributed by atoms with Gasteiger partial charge in [0, 0.05) is 13.1 Å². The molecular weight excluding hydrogens is 362 g/mol. The van der Waals surface area contributed by atoms with Crippen molar-refractivity contribution in [2.75, 3.05) is 32.8 Å². The molecule has 0 saturated heterocycles. The Kier molecular flexibility index (Phi) is 8.57. The lowest BCUT2D eigenvalue weighted by Crippen LogP contribution is -2.40. The summed E-state index contributed by atoms with van der Waals surface area (Å²) in [6.45, 7) is 8.76. The molecule has 0 fully saturated rings. The molecule has 0 saturated carbocycles. The fourth-order valence-corrected chi connectivity index (χ4v) is 2.97. The number of carbonyl (C=O) groups excluding carboxylic acids is 1. The number of nitrogens with zero attached hydrogens (tertiary/aromatic N) is 2. The molecule has 0 bridgehead atoms. The lowest BCUT2D eigenvalue weighted by Gasteiger charge is -2.12. The molecule has 1 amide bonds. The van der Waals surface area contributed by atoms with Crippen molar-refractivity contribution in [2.45, 2.75) is 20.8 Å². The summed E-state index contributed by atoms with van der Waals surface area (Å²) < 4.78 is 5.69. The maximum atomic E-state index is 12.0. The summed E-state index contributed by atoms with van der Waals surface area (Å²) in [7, 11) is 0. The average molecular weight is 390 g/mol. The first-order chi connectivity index (χ1) is 13.1. The first-order valence-corrected chi connectivity index (χ1v) is 9.88. The van der Waals surface area contributed by atoms with Crippen LogP contribution in [0.4, 0.5) is 0 Å². The maximum absolute atomic E-state index is 12.0. The third kappa shape index (κ3) is 7.26. The van der Waals surface area contributed by atoms with Gasteiger partial charge in [-0.1, -0.05) is 17.7 Å². The summed E-state index contributed by atoms with van der Waals surface area (Å²) in [5.74, 6) is 1.45. The number of thiazole rings is 1. The van der Waals surface area contributed by atoms with E-state index in [2.05, 4.69) is 25.9 Å². The van der Waals surface area contributed by atoms with Crippen LogP contribution >= 0.6 is 11.3 Å². The number of hydrogen-bond donors (Lipinski definition) is 3. The summed E-state index contributed by atoms with van der Waals surface area (Å²) >= 11 is 1.35. The average Bonchev–Trinajstić information content (AvgIpc) is 3.09. The molecule has 2 aromatic rings. The quantitative estimate of drug-likeness (QED) is 0.347. The van der Waals surface area contributed by atoms with E-state index in [0.29, 0.717) is 37.1 Å². The van der Waals surface area contributed by atoms with Gasteiger partial charge < -0.3 is 20.7 Å². The molecule has 1 aromatic heterocycles. The van der Waals surface area contributed by atoms with Crippen LogP contribution in [0.5, 0.6) is 5.75 Å². The van der Waals surface area contributed by atoms with Crippen molar-refractivity contribution in [2.24, 2.45) is 4.99 Å². The monoisotopic (exact) mass is 389 g/mol. The molecule has 7 nitrogen and oxygen atoms in total. The number of aryl methyl sites for hydroxylation is 2. The number of ether oxygens (including phenoxy) is 1. The van der Waals surface area contributed by atoms with Gasteiger partial charge in [-0.05, 0) is 32.9 Å². The Hall–Kier alpha value is -2.61. The van der Waals surface area contributed by atoms with Crippen LogP contribution in [0.15, 0.2) is 34.8 Å². The van der Waals surface area contributed by atoms with E-state index >= 15 is 0 Å². The van der Waals surface area contributed by atoms with E-state index in [9.17, 15) is 4.79 Å². The van der Waals surface area contributed by atoms with Gasteiger partial charge in [0.05, 0.1) is 24.3 Å². The van der Waals surface area contributed by atoms with Gasteiger partial charge in [0.15, 0.2) is 5.96 Å². The van der Waals surface area contributed by atoms with Gasteiger partial charge in [0.2, 0.25) is 0 Å². The number of amides is 1. The Balaban J connectivity index is 1.69. The predicted octanol–water partition coefficient (Wildman–Crippen LogP) is 2.12. The van der Waals surface area contributed by atoms with E-state index in [1.807, 2.05) is 45.0 Å². The second kappa shape index (κ2) is 11.2. The number of nitrogens with one attached hydrogen (secondary N) is 3. The minimum Gasteiger partial charge on any atom is -0.492 e. The molecule has 0 unspecified atom stereocenters. The Morgan fingerprint density at radius 1 is 1.15 bits per heavy atom. The lowest BCUT2D eigenvalue weighted by molar-refractivity contribution is 0.0958. The van der Waals surface area contributed by atoms with Crippen LogP contribution in [-0.4, -0.2) is 49.6 Å². The molecule has 0 aliphatic rings. The van der Waals surface area contributed by atoms with Gasteiger partial charge in [-0.25, -0.2) is 4.98 Å². The molecule has 1 aromatic carbocycles. The Labute approximate surface area is 164 Å². The first-order valence-electron chi connectivity index (χ1n) is 9.00. The number of hydrogen-bond acceptors (Lipinski definition) is 5. The predicted molar refractivity (Wildman–Crippen MR) is 110 cm³/mol. The van der Waals surface area contributed by atoms with Crippen molar-refractivity contribution in [1.82, 2.24) is 20.9 Å². The van der Waals surface area contributed by atoms with Crippen molar-refractivity contribution in [3.63, 3.8) is 0 Å². The Morgan fingerprint density at radius 2 is 1.93 bits per heavy atom. The zero-order valence-corrected chi connectivity index (χ0v) is 16.9. The molecule has 0 radical (unpaired) electrons.